The van der Waals surface area contributed by atoms with Gasteiger partial charge in [0.05, 0.1) is 5.56 Å². The van der Waals surface area contributed by atoms with Crippen LogP contribution in [0, 0.1) is 0 Å². The van der Waals surface area contributed by atoms with Gasteiger partial charge in [-0.3, -0.25) is 4.98 Å². The Hall–Kier alpha value is -3.60. The SMILES string of the molecule is O=C(O)c1ccc(OCC=C(c2ccccc2)c2cccnc2)c(O)c1. The maximum Gasteiger partial charge on any atom is 0.335 e. The highest BCUT2D eigenvalue weighted by atomic mass is 16.5. The number of aromatic nitrogens is 1. The van der Waals surface area contributed by atoms with E-state index in [0.717, 1.165) is 16.7 Å². The third kappa shape index (κ3) is 4.08. The largest absolute Gasteiger partial charge is 0.504 e. The molecule has 0 saturated heterocycles. The molecule has 26 heavy (non-hydrogen) atoms. The Labute approximate surface area is 150 Å². The number of aromatic hydroxyl groups is 1. The van der Waals surface area contributed by atoms with Crippen LogP contribution in [0.3, 0.4) is 0 Å². The van der Waals surface area contributed by atoms with Crippen molar-refractivity contribution in [2.75, 3.05) is 6.61 Å². The van der Waals surface area contributed by atoms with Gasteiger partial charge in [0.25, 0.3) is 0 Å². The van der Waals surface area contributed by atoms with Gasteiger partial charge in [0, 0.05) is 18.0 Å². The number of hydrogen-bond acceptors (Lipinski definition) is 4. The third-order valence-electron chi connectivity index (χ3n) is 3.79. The molecule has 2 N–H and O–H groups in total. The first kappa shape index (κ1) is 17.2. The maximum absolute atomic E-state index is 10.9. The Bertz CT molecular complexity index is 880. The van der Waals surface area contributed by atoms with E-state index in [1.165, 1.54) is 18.2 Å². The summed E-state index contributed by atoms with van der Waals surface area (Å²) in [6.45, 7) is 0.207. The van der Waals surface area contributed by atoms with Gasteiger partial charge in [-0.2, -0.15) is 0 Å². The van der Waals surface area contributed by atoms with Gasteiger partial charge in [0.2, 0.25) is 0 Å². The Kier molecular flexibility index (Phi) is 5.29. The Balaban J connectivity index is 1.83. The number of rotatable bonds is 6. The molecule has 0 atom stereocenters. The number of pyridine rings is 1. The summed E-state index contributed by atoms with van der Waals surface area (Å²) in [6.07, 6.45) is 5.39. The van der Waals surface area contributed by atoms with Crippen molar-refractivity contribution in [1.82, 2.24) is 4.98 Å². The first-order chi connectivity index (χ1) is 12.6. The fourth-order valence-corrected chi connectivity index (χ4v) is 2.53. The number of hydrogen-bond donors (Lipinski definition) is 2. The summed E-state index contributed by atoms with van der Waals surface area (Å²) in [4.78, 5) is 15.1. The van der Waals surface area contributed by atoms with E-state index in [2.05, 4.69) is 4.98 Å². The van der Waals surface area contributed by atoms with Crippen LogP contribution in [0.4, 0.5) is 0 Å². The lowest BCUT2D eigenvalue weighted by molar-refractivity contribution is 0.0696. The van der Waals surface area contributed by atoms with Gasteiger partial charge in [-0.05, 0) is 41.5 Å². The van der Waals surface area contributed by atoms with Crippen LogP contribution < -0.4 is 4.74 Å². The highest BCUT2D eigenvalue weighted by Crippen LogP contribution is 2.28. The average molecular weight is 347 g/mol. The number of nitrogens with zero attached hydrogens (tertiary/aromatic N) is 1. The van der Waals surface area contributed by atoms with Gasteiger partial charge < -0.3 is 14.9 Å². The van der Waals surface area contributed by atoms with E-state index in [0.29, 0.717) is 0 Å². The summed E-state index contributed by atoms with van der Waals surface area (Å²) in [5.74, 6) is -1.08. The van der Waals surface area contributed by atoms with Gasteiger partial charge in [0.1, 0.15) is 6.61 Å². The van der Waals surface area contributed by atoms with Crippen molar-refractivity contribution in [1.29, 1.82) is 0 Å². The quantitative estimate of drug-likeness (QED) is 0.705. The molecule has 0 aliphatic heterocycles. The molecule has 0 bridgehead atoms. The molecule has 0 aliphatic rings. The van der Waals surface area contributed by atoms with E-state index in [-0.39, 0.29) is 23.7 Å². The fourth-order valence-electron chi connectivity index (χ4n) is 2.53. The van der Waals surface area contributed by atoms with E-state index in [9.17, 15) is 9.90 Å². The minimum absolute atomic E-state index is 0.00530. The summed E-state index contributed by atoms with van der Waals surface area (Å²) in [5.41, 5.74) is 2.94. The number of phenols is 1. The standard InChI is InChI=1S/C21H17NO4/c23-19-13-16(21(24)25)8-9-20(19)26-12-10-18(15-5-2-1-3-6-15)17-7-4-11-22-14-17/h1-11,13-14,23H,12H2,(H,24,25). The number of carboxylic acid groups (broad SMARTS) is 1. The molecular weight excluding hydrogens is 330 g/mol. The van der Waals surface area contributed by atoms with Crippen LogP contribution in [-0.2, 0) is 0 Å². The lowest BCUT2D eigenvalue weighted by Crippen LogP contribution is -1.99. The normalized spacial score (nSPS) is 11.2. The molecular formula is C21H17NO4. The van der Waals surface area contributed by atoms with Crippen LogP contribution in [0.5, 0.6) is 11.5 Å². The molecule has 1 aromatic heterocycles. The molecule has 0 unspecified atom stereocenters. The number of carboxylic acids is 1. The third-order valence-corrected chi connectivity index (χ3v) is 3.79. The lowest BCUT2D eigenvalue weighted by atomic mass is 9.99. The van der Waals surface area contributed by atoms with Crippen molar-refractivity contribution in [3.8, 4) is 11.5 Å². The van der Waals surface area contributed by atoms with E-state index >= 15 is 0 Å². The van der Waals surface area contributed by atoms with Crippen LogP contribution in [0.15, 0.2) is 79.1 Å². The molecule has 0 saturated carbocycles. The molecule has 2 aromatic carbocycles. The molecule has 0 aliphatic carbocycles. The molecule has 5 heteroatoms. The minimum Gasteiger partial charge on any atom is -0.504 e. The molecule has 3 rings (SSSR count). The second kappa shape index (κ2) is 7.98. The predicted molar refractivity (Wildman–Crippen MR) is 98.3 cm³/mol. The predicted octanol–water partition coefficient (Wildman–Crippen LogP) is 4.00. The maximum atomic E-state index is 10.9. The summed E-state index contributed by atoms with van der Waals surface area (Å²) >= 11 is 0. The Morgan fingerprint density at radius 2 is 1.77 bits per heavy atom. The van der Waals surface area contributed by atoms with E-state index in [4.69, 9.17) is 9.84 Å². The van der Waals surface area contributed by atoms with Crippen LogP contribution in [0.2, 0.25) is 0 Å². The summed E-state index contributed by atoms with van der Waals surface area (Å²) < 4.78 is 5.61. The minimum atomic E-state index is -1.10. The van der Waals surface area contributed by atoms with Gasteiger partial charge in [-0.25, -0.2) is 4.79 Å². The molecule has 0 fully saturated rings. The van der Waals surface area contributed by atoms with Crippen LogP contribution >= 0.6 is 0 Å². The van der Waals surface area contributed by atoms with Crippen molar-refractivity contribution >= 4 is 11.5 Å². The van der Waals surface area contributed by atoms with Gasteiger partial charge >= 0.3 is 5.97 Å². The second-order valence-electron chi connectivity index (χ2n) is 5.52. The lowest BCUT2D eigenvalue weighted by Gasteiger charge is -2.10. The van der Waals surface area contributed by atoms with Crippen molar-refractivity contribution < 1.29 is 19.7 Å². The van der Waals surface area contributed by atoms with Crippen molar-refractivity contribution in [2.24, 2.45) is 0 Å². The van der Waals surface area contributed by atoms with Crippen molar-refractivity contribution in [2.45, 2.75) is 0 Å². The highest BCUT2D eigenvalue weighted by Gasteiger charge is 2.09. The zero-order valence-corrected chi connectivity index (χ0v) is 13.9. The van der Waals surface area contributed by atoms with Gasteiger partial charge in [0.15, 0.2) is 11.5 Å². The molecule has 1 heterocycles. The molecule has 0 radical (unpaired) electrons. The van der Waals surface area contributed by atoms with Gasteiger partial charge in [-0.15, -0.1) is 0 Å². The second-order valence-corrected chi connectivity index (χ2v) is 5.52. The van der Waals surface area contributed by atoms with E-state index in [1.807, 2.05) is 48.5 Å². The monoisotopic (exact) mass is 347 g/mol. The topological polar surface area (TPSA) is 79.7 Å². The molecule has 0 amide bonds. The van der Waals surface area contributed by atoms with Crippen LogP contribution in [-0.4, -0.2) is 27.8 Å². The molecule has 130 valence electrons. The molecule has 0 spiro atoms. The Morgan fingerprint density at radius 3 is 2.42 bits per heavy atom. The number of phenolic OH excluding ortho intramolecular Hbond substituents is 1. The zero-order chi connectivity index (χ0) is 18.4. The number of benzene rings is 2. The fraction of sp³-hybridized carbons (Fsp3) is 0.0476. The van der Waals surface area contributed by atoms with E-state index < -0.39 is 5.97 Å². The van der Waals surface area contributed by atoms with Crippen molar-refractivity contribution in [3.05, 3.63) is 95.8 Å². The Morgan fingerprint density at radius 1 is 1.00 bits per heavy atom. The number of aromatic carboxylic acids is 1. The first-order valence-electron chi connectivity index (χ1n) is 8.00. The summed E-state index contributed by atoms with van der Waals surface area (Å²) in [6, 6.07) is 17.7. The highest BCUT2D eigenvalue weighted by molar-refractivity contribution is 5.88. The van der Waals surface area contributed by atoms with E-state index in [1.54, 1.807) is 12.4 Å². The van der Waals surface area contributed by atoms with Crippen molar-refractivity contribution in [3.63, 3.8) is 0 Å². The van der Waals surface area contributed by atoms with Crippen LogP contribution in [0.25, 0.3) is 5.57 Å². The zero-order valence-electron chi connectivity index (χ0n) is 13.9. The molecule has 5 nitrogen and oxygen atoms in total. The summed E-state index contributed by atoms with van der Waals surface area (Å²) in [5, 5.41) is 18.9. The smallest absolute Gasteiger partial charge is 0.335 e. The number of carbonyl (C=O) groups is 1. The number of ether oxygens (including phenoxy) is 1. The average Bonchev–Trinajstić information content (AvgIpc) is 2.67. The van der Waals surface area contributed by atoms with Crippen LogP contribution in [0.1, 0.15) is 21.5 Å². The van der Waals surface area contributed by atoms with Gasteiger partial charge in [-0.1, -0.05) is 36.4 Å². The first-order valence-corrected chi connectivity index (χ1v) is 8.00. The summed E-state index contributed by atoms with van der Waals surface area (Å²) in [7, 11) is 0. The molecule has 3 aromatic rings.